The Bertz CT molecular complexity index is 691. The van der Waals surface area contributed by atoms with Crippen molar-refractivity contribution in [2.45, 2.75) is 39.0 Å². The Balaban J connectivity index is 1.53. The number of aryl methyl sites for hydroxylation is 1. The third kappa shape index (κ3) is 3.96. The van der Waals surface area contributed by atoms with Crippen LogP contribution in [0.2, 0.25) is 5.02 Å². The van der Waals surface area contributed by atoms with E-state index in [1.807, 2.05) is 36.1 Å². The van der Waals surface area contributed by atoms with Crippen molar-refractivity contribution in [2.75, 3.05) is 13.1 Å². The first kappa shape index (κ1) is 17.0. The first-order chi connectivity index (χ1) is 11.5. The van der Waals surface area contributed by atoms with Crippen molar-refractivity contribution >= 4 is 17.5 Å². The molecular formula is C18H22ClN3O2. The molecule has 0 aliphatic carbocycles. The molecule has 2 heterocycles. The molecule has 24 heavy (non-hydrogen) atoms. The van der Waals surface area contributed by atoms with E-state index in [1.54, 1.807) is 6.92 Å². The smallest absolute Gasteiger partial charge is 0.225 e. The summed E-state index contributed by atoms with van der Waals surface area (Å²) in [6, 6.07) is 7.70. The van der Waals surface area contributed by atoms with Gasteiger partial charge in [-0.2, -0.15) is 0 Å². The predicted molar refractivity (Wildman–Crippen MR) is 91.9 cm³/mol. The number of carbonyl (C=O) groups excluding carboxylic acids is 1. The zero-order valence-corrected chi connectivity index (χ0v) is 14.8. The van der Waals surface area contributed by atoms with E-state index in [0.29, 0.717) is 11.8 Å². The van der Waals surface area contributed by atoms with E-state index in [-0.39, 0.29) is 17.7 Å². The average molecular weight is 348 g/mol. The van der Waals surface area contributed by atoms with Gasteiger partial charge in [-0.1, -0.05) is 30.7 Å². The van der Waals surface area contributed by atoms with Crippen LogP contribution in [0.15, 0.2) is 28.7 Å². The fourth-order valence-corrected chi connectivity index (χ4v) is 3.32. The van der Waals surface area contributed by atoms with Crippen molar-refractivity contribution in [3.8, 4) is 0 Å². The molecule has 2 aromatic rings. The lowest BCUT2D eigenvalue weighted by atomic mass is 9.94. The molecule has 1 aliphatic heterocycles. The number of piperidine rings is 1. The number of benzene rings is 1. The maximum atomic E-state index is 12.7. The van der Waals surface area contributed by atoms with Crippen LogP contribution in [0.1, 0.15) is 43.0 Å². The lowest BCUT2D eigenvalue weighted by Crippen LogP contribution is -2.41. The highest BCUT2D eigenvalue weighted by atomic mass is 35.5. The molecule has 1 aliphatic rings. The second-order valence-corrected chi connectivity index (χ2v) is 6.93. The second-order valence-electron chi connectivity index (χ2n) is 6.49. The van der Waals surface area contributed by atoms with E-state index < -0.39 is 0 Å². The molecule has 128 valence electrons. The molecule has 1 unspecified atom stereocenters. The molecule has 3 rings (SSSR count). The monoisotopic (exact) mass is 347 g/mol. The number of aromatic nitrogens is 2. The number of hydrogen-bond donors (Lipinski definition) is 0. The van der Waals surface area contributed by atoms with E-state index in [1.165, 1.54) is 0 Å². The zero-order chi connectivity index (χ0) is 17.1. The third-order valence-corrected chi connectivity index (χ3v) is 4.83. The third-order valence-electron chi connectivity index (χ3n) is 4.57. The van der Waals surface area contributed by atoms with Crippen molar-refractivity contribution in [3.63, 3.8) is 0 Å². The Morgan fingerprint density at radius 1 is 1.29 bits per heavy atom. The van der Waals surface area contributed by atoms with Crippen LogP contribution in [0.3, 0.4) is 0 Å². The molecule has 5 nitrogen and oxygen atoms in total. The first-order valence-electron chi connectivity index (χ1n) is 8.36. The first-order valence-corrected chi connectivity index (χ1v) is 8.74. The van der Waals surface area contributed by atoms with Gasteiger partial charge in [-0.05, 0) is 37.0 Å². The molecular weight excluding hydrogens is 326 g/mol. The number of hydrogen-bond acceptors (Lipinski definition) is 4. The Labute approximate surface area is 147 Å². The molecule has 1 atom stereocenters. The van der Waals surface area contributed by atoms with Crippen LogP contribution in [-0.4, -0.2) is 34.1 Å². The van der Waals surface area contributed by atoms with Gasteiger partial charge >= 0.3 is 0 Å². The van der Waals surface area contributed by atoms with Crippen LogP contribution in [0.25, 0.3) is 0 Å². The fourth-order valence-electron chi connectivity index (χ4n) is 3.20. The van der Waals surface area contributed by atoms with Gasteiger partial charge in [0, 0.05) is 36.9 Å². The molecule has 1 fully saturated rings. The van der Waals surface area contributed by atoms with Crippen LogP contribution >= 0.6 is 11.6 Å². The van der Waals surface area contributed by atoms with Crippen molar-refractivity contribution in [1.29, 1.82) is 0 Å². The highest BCUT2D eigenvalue weighted by molar-refractivity contribution is 6.30. The minimum atomic E-state index is -0.0339. The molecule has 6 heteroatoms. The summed E-state index contributed by atoms with van der Waals surface area (Å²) in [5.41, 5.74) is 1.14. The average Bonchev–Trinajstić information content (AvgIpc) is 3.03. The number of carbonyl (C=O) groups is 1. The Kier molecular flexibility index (Phi) is 5.19. The van der Waals surface area contributed by atoms with Gasteiger partial charge in [-0.3, -0.25) is 4.79 Å². The maximum absolute atomic E-state index is 12.7. The standard InChI is InChI=1S/C18H22ClN3O2/c1-12(11-14-3-5-16(19)6-4-14)18(23)22-9-7-15(8-10-22)17-21-20-13(2)24-17/h3-6,12,15H,7-11H2,1-2H3. The van der Waals surface area contributed by atoms with Crippen LogP contribution in [0.5, 0.6) is 0 Å². The SMILES string of the molecule is Cc1nnc(C2CCN(C(=O)C(C)Cc3ccc(Cl)cc3)CC2)o1. The fraction of sp³-hybridized carbons (Fsp3) is 0.500. The topological polar surface area (TPSA) is 59.2 Å². The summed E-state index contributed by atoms with van der Waals surface area (Å²) >= 11 is 5.91. The van der Waals surface area contributed by atoms with Crippen LogP contribution in [-0.2, 0) is 11.2 Å². The van der Waals surface area contributed by atoms with Crippen molar-refractivity contribution in [2.24, 2.45) is 5.92 Å². The number of likely N-dealkylation sites (tertiary alicyclic amines) is 1. The summed E-state index contributed by atoms with van der Waals surface area (Å²) in [7, 11) is 0. The maximum Gasteiger partial charge on any atom is 0.225 e. The normalized spacial score (nSPS) is 17.0. The lowest BCUT2D eigenvalue weighted by molar-refractivity contribution is -0.136. The summed E-state index contributed by atoms with van der Waals surface area (Å²) in [5.74, 6) is 1.74. The van der Waals surface area contributed by atoms with E-state index in [0.717, 1.165) is 42.9 Å². The highest BCUT2D eigenvalue weighted by Gasteiger charge is 2.29. The minimum Gasteiger partial charge on any atom is -0.425 e. The number of halogens is 1. The zero-order valence-electron chi connectivity index (χ0n) is 14.0. The number of nitrogens with zero attached hydrogens (tertiary/aromatic N) is 3. The van der Waals surface area contributed by atoms with Crippen LogP contribution < -0.4 is 0 Å². The van der Waals surface area contributed by atoms with E-state index in [2.05, 4.69) is 10.2 Å². The number of amides is 1. The van der Waals surface area contributed by atoms with Gasteiger partial charge in [0.05, 0.1) is 0 Å². The van der Waals surface area contributed by atoms with Crippen molar-refractivity contribution in [1.82, 2.24) is 15.1 Å². The summed E-state index contributed by atoms with van der Waals surface area (Å²) in [5, 5.41) is 8.72. The summed E-state index contributed by atoms with van der Waals surface area (Å²) in [6.07, 6.45) is 2.49. The summed E-state index contributed by atoms with van der Waals surface area (Å²) in [6.45, 7) is 5.28. The molecule has 1 saturated heterocycles. The van der Waals surface area contributed by atoms with Gasteiger partial charge in [0.25, 0.3) is 0 Å². The Hall–Kier alpha value is -1.88. The molecule has 0 saturated carbocycles. The summed E-state index contributed by atoms with van der Waals surface area (Å²) < 4.78 is 5.52. The van der Waals surface area contributed by atoms with E-state index in [4.69, 9.17) is 16.0 Å². The lowest BCUT2D eigenvalue weighted by Gasteiger charge is -2.32. The predicted octanol–water partition coefficient (Wildman–Crippen LogP) is 3.62. The molecule has 0 radical (unpaired) electrons. The minimum absolute atomic E-state index is 0.0339. The van der Waals surface area contributed by atoms with Crippen LogP contribution in [0, 0.1) is 12.8 Å². The molecule has 1 aromatic heterocycles. The van der Waals surface area contributed by atoms with E-state index >= 15 is 0 Å². The molecule has 0 bridgehead atoms. The van der Waals surface area contributed by atoms with Crippen molar-refractivity contribution < 1.29 is 9.21 Å². The Morgan fingerprint density at radius 2 is 1.96 bits per heavy atom. The molecule has 0 spiro atoms. The summed E-state index contributed by atoms with van der Waals surface area (Å²) in [4.78, 5) is 14.6. The largest absolute Gasteiger partial charge is 0.425 e. The quantitative estimate of drug-likeness (QED) is 0.847. The molecule has 1 aromatic carbocycles. The van der Waals surface area contributed by atoms with Gasteiger partial charge in [0.2, 0.25) is 17.7 Å². The number of rotatable bonds is 4. The van der Waals surface area contributed by atoms with Gasteiger partial charge in [-0.25, -0.2) is 0 Å². The van der Waals surface area contributed by atoms with Crippen molar-refractivity contribution in [3.05, 3.63) is 46.6 Å². The van der Waals surface area contributed by atoms with Gasteiger partial charge in [-0.15, -0.1) is 10.2 Å². The Morgan fingerprint density at radius 3 is 2.54 bits per heavy atom. The van der Waals surface area contributed by atoms with Crippen LogP contribution in [0.4, 0.5) is 0 Å². The highest BCUT2D eigenvalue weighted by Crippen LogP contribution is 2.28. The van der Waals surface area contributed by atoms with E-state index in [9.17, 15) is 4.79 Å². The second kappa shape index (κ2) is 7.34. The van der Waals surface area contributed by atoms with Gasteiger partial charge < -0.3 is 9.32 Å². The van der Waals surface area contributed by atoms with Gasteiger partial charge in [0.15, 0.2) is 0 Å². The molecule has 1 amide bonds. The molecule has 0 N–H and O–H groups in total. The van der Waals surface area contributed by atoms with Gasteiger partial charge in [0.1, 0.15) is 0 Å².